The van der Waals surface area contributed by atoms with E-state index in [1.807, 2.05) is 11.9 Å². The number of nitrogens with zero attached hydrogens (tertiary/aromatic N) is 3. The van der Waals surface area contributed by atoms with Crippen LogP contribution >= 0.6 is 0 Å². The van der Waals surface area contributed by atoms with Crippen LogP contribution in [0.1, 0.15) is 18.4 Å². The van der Waals surface area contributed by atoms with Gasteiger partial charge in [-0.1, -0.05) is 12.1 Å². The highest BCUT2D eigenvalue weighted by Gasteiger charge is 2.23. The summed E-state index contributed by atoms with van der Waals surface area (Å²) in [6.45, 7) is 2.33. The third-order valence-electron chi connectivity index (χ3n) is 3.89. The second-order valence-corrected chi connectivity index (χ2v) is 5.48. The minimum atomic E-state index is -0.718. The number of halogens is 1. The summed E-state index contributed by atoms with van der Waals surface area (Å²) in [5.41, 5.74) is -0.0729. The molecule has 20 heavy (non-hydrogen) atoms. The molecule has 1 atom stereocenters. The van der Waals surface area contributed by atoms with Crippen molar-refractivity contribution in [2.45, 2.75) is 25.4 Å². The molecule has 0 amide bonds. The summed E-state index contributed by atoms with van der Waals surface area (Å²) in [5.74, 6) is -0.718. The van der Waals surface area contributed by atoms with E-state index in [9.17, 15) is 14.5 Å². The standard InChI is InChI=1S/C14H20FN3O2/c1-16(10-12-6-4-8-17(12)2)9-11-5-3-7-13(14(11)15)18(19)20/h3,5,7,12H,4,6,8-10H2,1-2H3. The van der Waals surface area contributed by atoms with Gasteiger partial charge in [-0.15, -0.1) is 0 Å². The van der Waals surface area contributed by atoms with Crippen molar-refractivity contribution in [1.29, 1.82) is 0 Å². The average Bonchev–Trinajstić information content (AvgIpc) is 2.77. The number of nitro benzene ring substituents is 1. The Labute approximate surface area is 118 Å². The van der Waals surface area contributed by atoms with Gasteiger partial charge in [-0.25, -0.2) is 0 Å². The molecule has 0 bridgehead atoms. The Morgan fingerprint density at radius 3 is 2.90 bits per heavy atom. The van der Waals surface area contributed by atoms with E-state index < -0.39 is 16.4 Å². The average molecular weight is 281 g/mol. The highest BCUT2D eigenvalue weighted by molar-refractivity contribution is 5.36. The quantitative estimate of drug-likeness (QED) is 0.613. The molecule has 1 aliphatic rings. The summed E-state index contributed by atoms with van der Waals surface area (Å²) in [7, 11) is 4.02. The lowest BCUT2D eigenvalue weighted by molar-refractivity contribution is -0.387. The van der Waals surface area contributed by atoms with Gasteiger partial charge in [0.2, 0.25) is 5.82 Å². The van der Waals surface area contributed by atoms with Crippen LogP contribution in [0.2, 0.25) is 0 Å². The third-order valence-corrected chi connectivity index (χ3v) is 3.89. The largest absolute Gasteiger partial charge is 0.305 e. The van der Waals surface area contributed by atoms with Crippen molar-refractivity contribution in [3.05, 3.63) is 39.7 Å². The molecule has 0 radical (unpaired) electrons. The van der Waals surface area contributed by atoms with Crippen LogP contribution in [0, 0.1) is 15.9 Å². The van der Waals surface area contributed by atoms with Gasteiger partial charge in [0.25, 0.3) is 0 Å². The normalized spacial score (nSPS) is 19.7. The van der Waals surface area contributed by atoms with Crippen LogP contribution in [0.15, 0.2) is 18.2 Å². The number of benzene rings is 1. The van der Waals surface area contributed by atoms with E-state index >= 15 is 0 Å². The molecular formula is C14H20FN3O2. The maximum atomic E-state index is 14.0. The smallest absolute Gasteiger partial charge is 0.302 e. The van der Waals surface area contributed by atoms with Crippen LogP contribution in [-0.2, 0) is 6.54 Å². The molecular weight excluding hydrogens is 261 g/mol. The highest BCUT2D eigenvalue weighted by Crippen LogP contribution is 2.22. The first kappa shape index (κ1) is 14.9. The lowest BCUT2D eigenvalue weighted by Crippen LogP contribution is -2.36. The van der Waals surface area contributed by atoms with Crippen molar-refractivity contribution in [1.82, 2.24) is 9.80 Å². The van der Waals surface area contributed by atoms with E-state index in [4.69, 9.17) is 0 Å². The van der Waals surface area contributed by atoms with Gasteiger partial charge in [-0.3, -0.25) is 10.1 Å². The van der Waals surface area contributed by atoms with Gasteiger partial charge in [0.1, 0.15) is 0 Å². The zero-order valence-corrected chi connectivity index (χ0v) is 11.9. The van der Waals surface area contributed by atoms with Crippen LogP contribution in [0.3, 0.4) is 0 Å². The number of likely N-dealkylation sites (N-methyl/N-ethyl adjacent to an activating group) is 2. The molecule has 5 nitrogen and oxygen atoms in total. The molecule has 1 unspecified atom stereocenters. The predicted molar refractivity (Wildman–Crippen MR) is 75.0 cm³/mol. The SMILES string of the molecule is CN(Cc1cccc([N+](=O)[O-])c1F)CC1CCCN1C. The van der Waals surface area contributed by atoms with Gasteiger partial charge in [-0.2, -0.15) is 4.39 Å². The van der Waals surface area contributed by atoms with Gasteiger partial charge in [0.05, 0.1) is 4.92 Å². The first-order chi connectivity index (χ1) is 9.49. The second kappa shape index (κ2) is 6.28. The van der Waals surface area contributed by atoms with Crippen molar-refractivity contribution in [3.63, 3.8) is 0 Å². The molecule has 0 saturated carbocycles. The van der Waals surface area contributed by atoms with Gasteiger partial charge in [-0.05, 0) is 33.5 Å². The van der Waals surface area contributed by atoms with Gasteiger partial charge in [0, 0.05) is 30.8 Å². The molecule has 2 rings (SSSR count). The Morgan fingerprint density at radius 2 is 2.30 bits per heavy atom. The molecule has 0 aliphatic carbocycles. The van der Waals surface area contributed by atoms with Crippen molar-refractivity contribution >= 4 is 5.69 Å². The Hall–Kier alpha value is -1.53. The maximum Gasteiger partial charge on any atom is 0.305 e. The van der Waals surface area contributed by atoms with Crippen molar-refractivity contribution in [2.75, 3.05) is 27.2 Å². The third kappa shape index (κ3) is 3.32. The van der Waals surface area contributed by atoms with Crippen LogP contribution in [0.5, 0.6) is 0 Å². The highest BCUT2D eigenvalue weighted by atomic mass is 19.1. The van der Waals surface area contributed by atoms with Crippen molar-refractivity contribution in [3.8, 4) is 0 Å². The Balaban J connectivity index is 2.02. The number of hydrogen-bond acceptors (Lipinski definition) is 4. The molecule has 1 aliphatic heterocycles. The number of rotatable bonds is 5. The summed E-state index contributed by atoms with van der Waals surface area (Å²) >= 11 is 0. The van der Waals surface area contributed by atoms with E-state index in [-0.39, 0.29) is 0 Å². The minimum Gasteiger partial charge on any atom is -0.302 e. The fraction of sp³-hybridized carbons (Fsp3) is 0.571. The van der Waals surface area contributed by atoms with Crippen molar-refractivity contribution in [2.24, 2.45) is 0 Å². The fourth-order valence-electron chi connectivity index (χ4n) is 2.75. The van der Waals surface area contributed by atoms with Crippen LogP contribution in [0.25, 0.3) is 0 Å². The van der Waals surface area contributed by atoms with E-state index in [2.05, 4.69) is 11.9 Å². The summed E-state index contributed by atoms with van der Waals surface area (Å²) in [5, 5.41) is 10.7. The zero-order chi connectivity index (χ0) is 14.7. The number of hydrogen-bond donors (Lipinski definition) is 0. The summed E-state index contributed by atoms with van der Waals surface area (Å²) < 4.78 is 14.0. The van der Waals surface area contributed by atoms with Crippen LogP contribution < -0.4 is 0 Å². The number of likely N-dealkylation sites (tertiary alicyclic amines) is 1. The zero-order valence-electron chi connectivity index (χ0n) is 11.9. The molecule has 110 valence electrons. The first-order valence-electron chi connectivity index (χ1n) is 6.79. The molecule has 6 heteroatoms. The monoisotopic (exact) mass is 281 g/mol. The topological polar surface area (TPSA) is 49.6 Å². The molecule has 1 aromatic carbocycles. The van der Waals surface area contributed by atoms with E-state index in [1.54, 1.807) is 6.07 Å². The lowest BCUT2D eigenvalue weighted by atomic mass is 10.1. The van der Waals surface area contributed by atoms with Crippen LogP contribution in [0.4, 0.5) is 10.1 Å². The van der Waals surface area contributed by atoms with Gasteiger partial charge in [0.15, 0.2) is 0 Å². The van der Waals surface area contributed by atoms with Gasteiger partial charge >= 0.3 is 5.69 Å². The molecule has 0 aromatic heterocycles. The molecule has 1 aromatic rings. The van der Waals surface area contributed by atoms with E-state index in [0.29, 0.717) is 18.2 Å². The molecule has 0 spiro atoms. The Bertz CT molecular complexity index is 495. The molecule has 0 N–H and O–H groups in total. The Kier molecular flexibility index (Phi) is 4.67. The fourth-order valence-corrected chi connectivity index (χ4v) is 2.75. The summed E-state index contributed by atoms with van der Waals surface area (Å²) in [6.07, 6.45) is 2.35. The number of nitro groups is 1. The first-order valence-corrected chi connectivity index (χ1v) is 6.79. The van der Waals surface area contributed by atoms with E-state index in [1.165, 1.54) is 18.6 Å². The molecule has 1 saturated heterocycles. The van der Waals surface area contributed by atoms with Crippen molar-refractivity contribution < 1.29 is 9.31 Å². The molecule has 1 fully saturated rings. The predicted octanol–water partition coefficient (Wildman–Crippen LogP) is 2.26. The maximum absolute atomic E-state index is 14.0. The van der Waals surface area contributed by atoms with Gasteiger partial charge < -0.3 is 9.80 Å². The van der Waals surface area contributed by atoms with Crippen LogP contribution in [-0.4, -0.2) is 47.9 Å². The van der Waals surface area contributed by atoms with E-state index in [0.717, 1.165) is 19.5 Å². The lowest BCUT2D eigenvalue weighted by Gasteiger charge is -2.25. The minimum absolute atomic E-state index is 0.377. The summed E-state index contributed by atoms with van der Waals surface area (Å²) in [6, 6.07) is 4.83. The second-order valence-electron chi connectivity index (χ2n) is 5.48. The molecule has 1 heterocycles. The Morgan fingerprint density at radius 1 is 1.55 bits per heavy atom. The summed E-state index contributed by atoms with van der Waals surface area (Å²) in [4.78, 5) is 14.4.